The van der Waals surface area contributed by atoms with Gasteiger partial charge in [0, 0.05) is 19.7 Å². The fraction of sp³-hybridized carbons (Fsp3) is 0.917. The lowest BCUT2D eigenvalue weighted by Crippen LogP contribution is -2.50. The maximum Gasteiger partial charge on any atom is 0.227 e. The van der Waals surface area contributed by atoms with Gasteiger partial charge in [0.25, 0.3) is 0 Å². The Morgan fingerprint density at radius 1 is 1.50 bits per heavy atom. The Morgan fingerprint density at radius 2 is 2.19 bits per heavy atom. The SMILES string of the molecule is CC(C)COCCNC(=O)C1(CN)CCC1. The predicted molar refractivity (Wildman–Crippen MR) is 64.0 cm³/mol. The van der Waals surface area contributed by atoms with Crippen LogP contribution in [0.1, 0.15) is 33.1 Å². The van der Waals surface area contributed by atoms with Crippen molar-refractivity contribution >= 4 is 5.91 Å². The third kappa shape index (κ3) is 3.46. The standard InChI is InChI=1S/C12H24N2O2/c1-10(2)8-16-7-6-14-11(15)12(9-13)4-3-5-12/h10H,3-9,13H2,1-2H3,(H,14,15). The molecule has 1 amide bonds. The first-order chi connectivity index (χ1) is 7.60. The van der Waals surface area contributed by atoms with Gasteiger partial charge >= 0.3 is 0 Å². The van der Waals surface area contributed by atoms with Crippen LogP contribution in [0.2, 0.25) is 0 Å². The van der Waals surface area contributed by atoms with Crippen LogP contribution in [0.15, 0.2) is 0 Å². The lowest BCUT2D eigenvalue weighted by atomic mass is 9.68. The topological polar surface area (TPSA) is 64.3 Å². The monoisotopic (exact) mass is 228 g/mol. The molecule has 0 radical (unpaired) electrons. The van der Waals surface area contributed by atoms with E-state index in [2.05, 4.69) is 19.2 Å². The van der Waals surface area contributed by atoms with E-state index in [1.165, 1.54) is 0 Å². The Kier molecular flexibility index (Phi) is 5.22. The smallest absolute Gasteiger partial charge is 0.227 e. The molecule has 94 valence electrons. The molecule has 0 spiro atoms. The van der Waals surface area contributed by atoms with Crippen LogP contribution in [0.4, 0.5) is 0 Å². The molecule has 0 aliphatic heterocycles. The predicted octanol–water partition coefficient (Wildman–Crippen LogP) is 0.904. The molecule has 1 fully saturated rings. The second-order valence-electron chi connectivity index (χ2n) is 5.06. The number of carbonyl (C=O) groups excluding carboxylic acids is 1. The first-order valence-corrected chi connectivity index (χ1v) is 6.17. The molecule has 0 saturated heterocycles. The Bertz CT molecular complexity index is 220. The highest BCUT2D eigenvalue weighted by atomic mass is 16.5. The fourth-order valence-corrected chi connectivity index (χ4v) is 1.87. The summed E-state index contributed by atoms with van der Waals surface area (Å²) in [5.41, 5.74) is 5.38. The normalized spacial score (nSPS) is 18.2. The van der Waals surface area contributed by atoms with E-state index >= 15 is 0 Å². The Balaban J connectivity index is 2.10. The van der Waals surface area contributed by atoms with E-state index in [0.717, 1.165) is 25.9 Å². The van der Waals surface area contributed by atoms with E-state index in [-0.39, 0.29) is 11.3 Å². The van der Waals surface area contributed by atoms with Crippen LogP contribution in [0.3, 0.4) is 0 Å². The van der Waals surface area contributed by atoms with Crippen LogP contribution < -0.4 is 11.1 Å². The summed E-state index contributed by atoms with van der Waals surface area (Å²) in [5, 5.41) is 2.91. The molecule has 1 aliphatic carbocycles. The van der Waals surface area contributed by atoms with E-state index in [4.69, 9.17) is 10.5 Å². The van der Waals surface area contributed by atoms with Gasteiger partial charge in [0.2, 0.25) is 5.91 Å². The summed E-state index contributed by atoms with van der Waals surface area (Å²) >= 11 is 0. The molecule has 0 aromatic carbocycles. The quantitative estimate of drug-likeness (QED) is 0.636. The molecule has 0 atom stereocenters. The van der Waals surface area contributed by atoms with Crippen LogP contribution >= 0.6 is 0 Å². The highest BCUT2D eigenvalue weighted by Crippen LogP contribution is 2.39. The first kappa shape index (κ1) is 13.5. The Morgan fingerprint density at radius 3 is 2.62 bits per heavy atom. The lowest BCUT2D eigenvalue weighted by molar-refractivity contribution is -0.135. The minimum atomic E-state index is -0.266. The van der Waals surface area contributed by atoms with Crippen molar-refractivity contribution < 1.29 is 9.53 Å². The highest BCUT2D eigenvalue weighted by molar-refractivity contribution is 5.83. The van der Waals surface area contributed by atoms with Crippen LogP contribution in [0.5, 0.6) is 0 Å². The molecule has 0 unspecified atom stereocenters. The molecule has 0 heterocycles. The first-order valence-electron chi connectivity index (χ1n) is 6.17. The summed E-state index contributed by atoms with van der Waals surface area (Å²) in [5.74, 6) is 0.645. The van der Waals surface area contributed by atoms with Gasteiger partial charge in [-0.15, -0.1) is 0 Å². The lowest BCUT2D eigenvalue weighted by Gasteiger charge is -2.39. The van der Waals surface area contributed by atoms with Gasteiger partial charge in [-0.3, -0.25) is 4.79 Å². The second-order valence-corrected chi connectivity index (χ2v) is 5.06. The van der Waals surface area contributed by atoms with Gasteiger partial charge in [-0.25, -0.2) is 0 Å². The van der Waals surface area contributed by atoms with Crippen molar-refractivity contribution in [2.45, 2.75) is 33.1 Å². The summed E-state index contributed by atoms with van der Waals surface area (Å²) in [6, 6.07) is 0. The zero-order chi connectivity index (χ0) is 12.0. The summed E-state index contributed by atoms with van der Waals surface area (Å²) in [7, 11) is 0. The second kappa shape index (κ2) is 6.21. The molecule has 0 aromatic heterocycles. The van der Waals surface area contributed by atoms with Gasteiger partial charge in [-0.2, -0.15) is 0 Å². The number of amides is 1. The maximum atomic E-state index is 11.8. The minimum absolute atomic E-state index is 0.106. The number of nitrogens with two attached hydrogens (primary N) is 1. The van der Waals surface area contributed by atoms with Crippen molar-refractivity contribution in [2.24, 2.45) is 17.1 Å². The van der Waals surface area contributed by atoms with Crippen molar-refractivity contribution in [1.29, 1.82) is 0 Å². The third-order valence-electron chi connectivity index (χ3n) is 3.17. The highest BCUT2D eigenvalue weighted by Gasteiger charge is 2.42. The van der Waals surface area contributed by atoms with E-state index < -0.39 is 0 Å². The zero-order valence-corrected chi connectivity index (χ0v) is 10.4. The summed E-state index contributed by atoms with van der Waals surface area (Å²) < 4.78 is 5.40. The van der Waals surface area contributed by atoms with Gasteiger partial charge in [-0.1, -0.05) is 20.3 Å². The van der Waals surface area contributed by atoms with E-state index in [1.807, 2.05) is 0 Å². The molecule has 3 N–H and O–H groups in total. The third-order valence-corrected chi connectivity index (χ3v) is 3.17. The number of carbonyl (C=O) groups is 1. The van der Waals surface area contributed by atoms with Crippen molar-refractivity contribution in [2.75, 3.05) is 26.3 Å². The maximum absolute atomic E-state index is 11.8. The van der Waals surface area contributed by atoms with E-state index in [9.17, 15) is 4.79 Å². The average Bonchev–Trinajstić information content (AvgIpc) is 2.16. The molecule has 0 aromatic rings. The van der Waals surface area contributed by atoms with Crippen LogP contribution in [0, 0.1) is 11.3 Å². The van der Waals surface area contributed by atoms with Crippen LogP contribution in [0.25, 0.3) is 0 Å². The van der Waals surface area contributed by atoms with Gasteiger partial charge in [0.05, 0.1) is 12.0 Å². The average molecular weight is 228 g/mol. The minimum Gasteiger partial charge on any atom is -0.379 e. The summed E-state index contributed by atoms with van der Waals surface area (Å²) in [4.78, 5) is 11.8. The largest absolute Gasteiger partial charge is 0.379 e. The summed E-state index contributed by atoms with van der Waals surface area (Å²) in [6.07, 6.45) is 2.98. The molecular weight excluding hydrogens is 204 g/mol. The zero-order valence-electron chi connectivity index (χ0n) is 10.4. The molecule has 1 rings (SSSR count). The molecular formula is C12H24N2O2. The van der Waals surface area contributed by atoms with Crippen molar-refractivity contribution in [3.63, 3.8) is 0 Å². The van der Waals surface area contributed by atoms with Crippen LogP contribution in [-0.4, -0.2) is 32.2 Å². The number of nitrogens with one attached hydrogen (secondary N) is 1. The summed E-state index contributed by atoms with van der Waals surface area (Å²) in [6.45, 7) is 6.61. The van der Waals surface area contributed by atoms with E-state index in [0.29, 0.717) is 25.6 Å². The Hall–Kier alpha value is -0.610. The number of rotatable bonds is 7. The van der Waals surface area contributed by atoms with Crippen molar-refractivity contribution in [3.8, 4) is 0 Å². The van der Waals surface area contributed by atoms with E-state index in [1.54, 1.807) is 0 Å². The number of ether oxygens (including phenoxy) is 1. The molecule has 4 nitrogen and oxygen atoms in total. The molecule has 16 heavy (non-hydrogen) atoms. The number of hydrogen-bond donors (Lipinski definition) is 2. The molecule has 0 bridgehead atoms. The van der Waals surface area contributed by atoms with Gasteiger partial charge in [-0.05, 0) is 18.8 Å². The van der Waals surface area contributed by atoms with Gasteiger partial charge < -0.3 is 15.8 Å². The molecule has 1 saturated carbocycles. The van der Waals surface area contributed by atoms with Crippen molar-refractivity contribution in [3.05, 3.63) is 0 Å². The fourth-order valence-electron chi connectivity index (χ4n) is 1.87. The molecule has 1 aliphatic rings. The van der Waals surface area contributed by atoms with Crippen molar-refractivity contribution in [1.82, 2.24) is 5.32 Å². The molecule has 4 heteroatoms. The number of hydrogen-bond acceptors (Lipinski definition) is 3. The Labute approximate surface area is 97.9 Å². The van der Waals surface area contributed by atoms with Gasteiger partial charge in [0.15, 0.2) is 0 Å². The van der Waals surface area contributed by atoms with Gasteiger partial charge in [0.1, 0.15) is 0 Å². The van der Waals surface area contributed by atoms with Crippen LogP contribution in [-0.2, 0) is 9.53 Å².